The molecule has 1 aromatic heterocycles. The number of nitrogens with zero attached hydrogens (tertiary/aromatic N) is 1. The summed E-state index contributed by atoms with van der Waals surface area (Å²) in [5.41, 5.74) is 6.57. The highest BCUT2D eigenvalue weighted by atomic mass is 16.3. The lowest BCUT2D eigenvalue weighted by molar-refractivity contribution is 0.473. The number of hydrogen-bond acceptors (Lipinski definition) is 2. The van der Waals surface area contributed by atoms with Crippen LogP contribution in [0, 0.1) is 0 Å². The van der Waals surface area contributed by atoms with Crippen molar-refractivity contribution in [3.05, 3.63) is 120 Å². The standard InChI is InChI=1S/C24H17NO/c26-19-9-5-7-17(15-19)24(18-8-6-14-25-16-18)22-12-3-1-10-20(22)21-11-2-4-13-23(21)24/h1-16,26H. The second-order valence-electron chi connectivity index (χ2n) is 6.63. The van der Waals surface area contributed by atoms with Gasteiger partial charge < -0.3 is 5.11 Å². The fraction of sp³-hybridized carbons (Fsp3) is 0.0417. The Morgan fingerprint density at radius 1 is 0.654 bits per heavy atom. The predicted molar refractivity (Wildman–Crippen MR) is 103 cm³/mol. The summed E-state index contributed by atoms with van der Waals surface area (Å²) >= 11 is 0. The SMILES string of the molecule is Oc1cccc(C2(c3cccnc3)c3ccccc3-c3ccccc32)c1. The first kappa shape index (κ1) is 14.9. The molecule has 0 bridgehead atoms. The zero-order valence-electron chi connectivity index (χ0n) is 14.1. The fourth-order valence-corrected chi connectivity index (χ4v) is 4.35. The van der Waals surface area contributed by atoms with E-state index in [4.69, 9.17) is 0 Å². The van der Waals surface area contributed by atoms with Crippen molar-refractivity contribution in [2.45, 2.75) is 5.41 Å². The Morgan fingerprint density at radius 2 is 1.31 bits per heavy atom. The fourth-order valence-electron chi connectivity index (χ4n) is 4.35. The monoisotopic (exact) mass is 335 g/mol. The van der Waals surface area contributed by atoms with Crippen LogP contribution < -0.4 is 0 Å². The minimum atomic E-state index is -0.486. The maximum absolute atomic E-state index is 10.2. The molecule has 0 radical (unpaired) electrons. The van der Waals surface area contributed by atoms with E-state index in [1.807, 2.05) is 24.4 Å². The lowest BCUT2D eigenvalue weighted by Crippen LogP contribution is -2.28. The molecular formula is C24H17NO. The largest absolute Gasteiger partial charge is 0.508 e. The van der Waals surface area contributed by atoms with Gasteiger partial charge in [-0.2, -0.15) is 0 Å². The molecule has 4 aromatic rings. The second-order valence-corrected chi connectivity index (χ2v) is 6.63. The van der Waals surface area contributed by atoms with Crippen LogP contribution in [0.3, 0.4) is 0 Å². The van der Waals surface area contributed by atoms with E-state index in [0.717, 1.165) is 11.1 Å². The topological polar surface area (TPSA) is 33.1 Å². The van der Waals surface area contributed by atoms with Crippen LogP contribution in [0.2, 0.25) is 0 Å². The van der Waals surface area contributed by atoms with Crippen LogP contribution >= 0.6 is 0 Å². The van der Waals surface area contributed by atoms with Gasteiger partial charge in [0.15, 0.2) is 0 Å². The van der Waals surface area contributed by atoms with Crippen molar-refractivity contribution in [1.82, 2.24) is 4.98 Å². The smallest absolute Gasteiger partial charge is 0.115 e. The van der Waals surface area contributed by atoms with E-state index in [1.165, 1.54) is 22.3 Å². The summed E-state index contributed by atoms with van der Waals surface area (Å²) in [6.45, 7) is 0. The predicted octanol–water partition coefficient (Wildman–Crippen LogP) is 5.15. The molecule has 26 heavy (non-hydrogen) atoms. The number of phenols is 1. The molecule has 0 atom stereocenters. The third kappa shape index (κ3) is 1.90. The van der Waals surface area contributed by atoms with Gasteiger partial charge in [0.05, 0.1) is 5.41 Å². The van der Waals surface area contributed by atoms with E-state index < -0.39 is 5.41 Å². The number of fused-ring (bicyclic) bond motifs is 3. The van der Waals surface area contributed by atoms with E-state index in [2.05, 4.69) is 65.6 Å². The highest BCUT2D eigenvalue weighted by Gasteiger charge is 2.46. The average molecular weight is 335 g/mol. The van der Waals surface area contributed by atoms with E-state index in [-0.39, 0.29) is 5.75 Å². The van der Waals surface area contributed by atoms with Gasteiger partial charge in [-0.15, -0.1) is 0 Å². The van der Waals surface area contributed by atoms with Gasteiger partial charge in [-0.25, -0.2) is 0 Å². The van der Waals surface area contributed by atoms with Crippen molar-refractivity contribution in [3.8, 4) is 16.9 Å². The summed E-state index contributed by atoms with van der Waals surface area (Å²) in [6, 6.07) is 28.7. The summed E-state index contributed by atoms with van der Waals surface area (Å²) in [5.74, 6) is 0.271. The molecule has 0 saturated heterocycles. The maximum Gasteiger partial charge on any atom is 0.115 e. The van der Waals surface area contributed by atoms with Crippen LogP contribution in [0.25, 0.3) is 11.1 Å². The van der Waals surface area contributed by atoms with Gasteiger partial charge in [-0.3, -0.25) is 4.98 Å². The van der Waals surface area contributed by atoms with Crippen LogP contribution in [0.5, 0.6) is 5.75 Å². The van der Waals surface area contributed by atoms with Gasteiger partial charge in [0, 0.05) is 12.4 Å². The van der Waals surface area contributed by atoms with Crippen LogP contribution in [0.15, 0.2) is 97.3 Å². The number of rotatable bonds is 2. The van der Waals surface area contributed by atoms with Crippen LogP contribution in [0.1, 0.15) is 22.3 Å². The highest BCUT2D eigenvalue weighted by Crippen LogP contribution is 2.55. The molecule has 2 heteroatoms. The Hall–Kier alpha value is -3.39. The van der Waals surface area contributed by atoms with E-state index in [1.54, 1.807) is 12.3 Å². The summed E-state index contributed by atoms with van der Waals surface area (Å²) < 4.78 is 0. The zero-order chi connectivity index (χ0) is 17.6. The van der Waals surface area contributed by atoms with E-state index >= 15 is 0 Å². The van der Waals surface area contributed by atoms with Crippen molar-refractivity contribution >= 4 is 0 Å². The molecule has 0 unspecified atom stereocenters. The summed E-state index contributed by atoms with van der Waals surface area (Å²) in [4.78, 5) is 4.41. The molecule has 5 rings (SSSR count). The normalized spacial score (nSPS) is 13.8. The number of pyridine rings is 1. The Labute approximate surface area is 152 Å². The van der Waals surface area contributed by atoms with Gasteiger partial charge >= 0.3 is 0 Å². The van der Waals surface area contributed by atoms with Crippen molar-refractivity contribution in [3.63, 3.8) is 0 Å². The molecule has 3 aromatic carbocycles. The van der Waals surface area contributed by atoms with Crippen molar-refractivity contribution in [1.29, 1.82) is 0 Å². The van der Waals surface area contributed by atoms with E-state index in [9.17, 15) is 5.11 Å². The Kier molecular flexibility index (Phi) is 3.19. The Balaban J connectivity index is 1.98. The lowest BCUT2D eigenvalue weighted by Gasteiger charge is -2.33. The second kappa shape index (κ2) is 5.57. The third-order valence-corrected chi connectivity index (χ3v) is 5.33. The first-order chi connectivity index (χ1) is 12.8. The summed E-state index contributed by atoms with van der Waals surface area (Å²) in [5, 5.41) is 10.2. The highest BCUT2D eigenvalue weighted by molar-refractivity contribution is 5.86. The minimum Gasteiger partial charge on any atom is -0.508 e. The van der Waals surface area contributed by atoms with Crippen molar-refractivity contribution in [2.75, 3.05) is 0 Å². The number of phenolic OH excluding ortho intramolecular Hbond substituents is 1. The molecule has 0 aliphatic heterocycles. The van der Waals surface area contributed by atoms with Crippen molar-refractivity contribution < 1.29 is 5.11 Å². The van der Waals surface area contributed by atoms with Crippen molar-refractivity contribution in [2.24, 2.45) is 0 Å². The first-order valence-corrected chi connectivity index (χ1v) is 8.71. The average Bonchev–Trinajstić information content (AvgIpc) is 3.00. The molecule has 0 spiro atoms. The van der Waals surface area contributed by atoms with E-state index in [0.29, 0.717) is 0 Å². The minimum absolute atomic E-state index is 0.271. The van der Waals surface area contributed by atoms with Gasteiger partial charge in [-0.05, 0) is 51.6 Å². The third-order valence-electron chi connectivity index (χ3n) is 5.33. The molecule has 1 N–H and O–H groups in total. The number of benzene rings is 3. The van der Waals surface area contributed by atoms with Gasteiger partial charge in [0.1, 0.15) is 5.75 Å². The summed E-state index contributed by atoms with van der Waals surface area (Å²) in [7, 11) is 0. The number of hydrogen-bond donors (Lipinski definition) is 1. The molecule has 2 nitrogen and oxygen atoms in total. The van der Waals surface area contributed by atoms with Gasteiger partial charge in [-0.1, -0.05) is 66.7 Å². The molecule has 1 aliphatic carbocycles. The molecular weight excluding hydrogens is 318 g/mol. The summed E-state index contributed by atoms with van der Waals surface area (Å²) in [6.07, 6.45) is 3.73. The molecule has 0 amide bonds. The van der Waals surface area contributed by atoms with Gasteiger partial charge in [0.25, 0.3) is 0 Å². The molecule has 1 heterocycles. The van der Waals surface area contributed by atoms with Crippen LogP contribution in [-0.2, 0) is 5.41 Å². The van der Waals surface area contributed by atoms with Crippen LogP contribution in [0.4, 0.5) is 0 Å². The molecule has 124 valence electrons. The zero-order valence-corrected chi connectivity index (χ0v) is 14.1. The lowest BCUT2D eigenvalue weighted by atomic mass is 9.68. The Morgan fingerprint density at radius 3 is 1.92 bits per heavy atom. The number of aromatic nitrogens is 1. The maximum atomic E-state index is 10.2. The van der Waals surface area contributed by atoms with Crippen LogP contribution in [-0.4, -0.2) is 10.1 Å². The first-order valence-electron chi connectivity index (χ1n) is 8.71. The van der Waals surface area contributed by atoms with Gasteiger partial charge in [0.2, 0.25) is 0 Å². The molecule has 1 aliphatic rings. The molecule has 0 fully saturated rings. The number of aromatic hydroxyl groups is 1. The molecule has 0 saturated carbocycles. The quantitative estimate of drug-likeness (QED) is 0.484. The Bertz CT molecular complexity index is 1060.